The van der Waals surface area contributed by atoms with Crippen LogP contribution in [0.2, 0.25) is 10.0 Å². The van der Waals surface area contributed by atoms with Crippen molar-refractivity contribution in [2.45, 2.75) is 13.8 Å². The molecule has 28 heavy (non-hydrogen) atoms. The molecule has 6 nitrogen and oxygen atoms in total. The lowest BCUT2D eigenvalue weighted by molar-refractivity contribution is -0.143. The van der Waals surface area contributed by atoms with Gasteiger partial charge >= 0.3 is 0 Å². The summed E-state index contributed by atoms with van der Waals surface area (Å²) in [5.41, 5.74) is 0.780. The van der Waals surface area contributed by atoms with E-state index in [0.717, 1.165) is 13.8 Å². The van der Waals surface area contributed by atoms with Gasteiger partial charge in [0.2, 0.25) is 11.8 Å². The van der Waals surface area contributed by atoms with Gasteiger partial charge in [-0.3, -0.25) is 19.2 Å². The maximum absolute atomic E-state index is 12.7. The van der Waals surface area contributed by atoms with E-state index in [2.05, 4.69) is 10.6 Å². The highest BCUT2D eigenvalue weighted by molar-refractivity contribution is 6.31. The molecule has 0 aliphatic rings. The van der Waals surface area contributed by atoms with Crippen molar-refractivity contribution < 1.29 is 19.2 Å². The fourth-order valence-corrected chi connectivity index (χ4v) is 2.90. The van der Waals surface area contributed by atoms with E-state index in [1.165, 1.54) is 0 Å². The summed E-state index contributed by atoms with van der Waals surface area (Å²) in [5, 5.41) is 6.04. The Morgan fingerprint density at radius 1 is 0.643 bits per heavy atom. The van der Waals surface area contributed by atoms with Gasteiger partial charge < -0.3 is 10.6 Å². The molecule has 0 radical (unpaired) electrons. The summed E-state index contributed by atoms with van der Waals surface area (Å²) in [7, 11) is 0. The number of halogens is 2. The molecule has 2 unspecified atom stereocenters. The molecule has 0 saturated carbocycles. The van der Waals surface area contributed by atoms with E-state index >= 15 is 0 Å². The third kappa shape index (κ3) is 5.65. The van der Waals surface area contributed by atoms with Crippen molar-refractivity contribution in [1.82, 2.24) is 0 Å². The second kappa shape index (κ2) is 9.48. The van der Waals surface area contributed by atoms with E-state index in [1.54, 1.807) is 48.5 Å². The minimum Gasteiger partial charge on any atom is -0.325 e. The van der Waals surface area contributed by atoms with Crippen molar-refractivity contribution in [1.29, 1.82) is 0 Å². The fraction of sp³-hybridized carbons (Fsp3) is 0.200. The molecule has 0 heterocycles. The van der Waals surface area contributed by atoms with Crippen molar-refractivity contribution in [3.05, 3.63) is 58.6 Å². The van der Waals surface area contributed by atoms with E-state index in [1.807, 2.05) is 0 Å². The van der Waals surface area contributed by atoms with Gasteiger partial charge in [0.1, 0.15) is 23.4 Å². The Hall–Kier alpha value is -2.70. The number of amides is 2. The number of rotatable bonds is 7. The number of carbonyl (C=O) groups excluding carboxylic acids is 4. The van der Waals surface area contributed by atoms with E-state index in [-0.39, 0.29) is 0 Å². The Labute approximate surface area is 172 Å². The highest BCUT2D eigenvalue weighted by atomic mass is 35.5. The largest absolute Gasteiger partial charge is 0.325 e. The van der Waals surface area contributed by atoms with Crippen LogP contribution in [0.4, 0.5) is 11.4 Å². The first-order valence-corrected chi connectivity index (χ1v) is 9.08. The van der Waals surface area contributed by atoms with E-state index in [9.17, 15) is 19.2 Å². The lowest BCUT2D eigenvalue weighted by Crippen LogP contribution is -2.43. The molecule has 0 aliphatic carbocycles. The fourth-order valence-electron chi connectivity index (χ4n) is 2.65. The Bertz CT molecular complexity index is 820. The summed E-state index contributed by atoms with van der Waals surface area (Å²) in [5.74, 6) is -5.64. The van der Waals surface area contributed by atoms with Gasteiger partial charge in [0.05, 0.1) is 0 Å². The number of benzene rings is 2. The molecule has 8 heteroatoms. The number of hydrogen-bond acceptors (Lipinski definition) is 4. The molecule has 2 aromatic carbocycles. The second-order valence-corrected chi connectivity index (χ2v) is 7.04. The van der Waals surface area contributed by atoms with Crippen LogP contribution >= 0.6 is 23.2 Å². The van der Waals surface area contributed by atoms with Crippen molar-refractivity contribution in [2.75, 3.05) is 10.6 Å². The molecule has 2 N–H and O–H groups in total. The molecule has 2 atom stereocenters. The van der Waals surface area contributed by atoms with Crippen LogP contribution in [0.3, 0.4) is 0 Å². The average molecular weight is 421 g/mol. The first-order chi connectivity index (χ1) is 13.2. The first-order valence-electron chi connectivity index (χ1n) is 8.33. The maximum Gasteiger partial charge on any atom is 0.236 e. The summed E-state index contributed by atoms with van der Waals surface area (Å²) in [6.45, 7) is 2.33. The van der Waals surface area contributed by atoms with E-state index < -0.39 is 35.2 Å². The van der Waals surface area contributed by atoms with Gasteiger partial charge in [0.15, 0.2) is 0 Å². The summed E-state index contributed by atoms with van der Waals surface area (Å²) >= 11 is 11.6. The summed E-state index contributed by atoms with van der Waals surface area (Å²) in [6, 6.07) is 12.5. The van der Waals surface area contributed by atoms with Crippen molar-refractivity contribution >= 4 is 58.0 Å². The van der Waals surface area contributed by atoms with Gasteiger partial charge in [-0.2, -0.15) is 0 Å². The highest BCUT2D eigenvalue weighted by Crippen LogP contribution is 2.22. The minimum atomic E-state index is -1.47. The predicted molar refractivity (Wildman–Crippen MR) is 109 cm³/mol. The molecular formula is C20H18Cl2N2O4. The van der Waals surface area contributed by atoms with Crippen LogP contribution in [0.5, 0.6) is 0 Å². The van der Waals surface area contributed by atoms with Crippen LogP contribution in [0, 0.1) is 11.8 Å². The molecule has 146 valence electrons. The van der Waals surface area contributed by atoms with E-state index in [4.69, 9.17) is 23.2 Å². The molecule has 2 amide bonds. The molecule has 2 rings (SSSR count). The minimum absolute atomic E-state index is 0.390. The standard InChI is InChI=1S/C20H18Cl2N2O4/c1-11(25)17(19(27)23-15-7-3-13(21)4-8-15)18(12(2)26)20(28)24-16-9-5-14(22)6-10-16/h3-10,17-18H,1-2H3,(H,23,27)(H,24,28). The van der Waals surface area contributed by atoms with Crippen molar-refractivity contribution in [3.63, 3.8) is 0 Å². The molecule has 0 spiro atoms. The van der Waals surface area contributed by atoms with Crippen LogP contribution in [-0.4, -0.2) is 23.4 Å². The number of hydrogen-bond donors (Lipinski definition) is 2. The molecule has 0 fully saturated rings. The normalized spacial score (nSPS) is 12.6. The molecule has 0 bridgehead atoms. The maximum atomic E-state index is 12.7. The van der Waals surface area contributed by atoms with Crippen LogP contribution in [0.15, 0.2) is 48.5 Å². The zero-order chi connectivity index (χ0) is 20.8. The quantitative estimate of drug-likeness (QED) is 0.662. The van der Waals surface area contributed by atoms with Gasteiger partial charge in [0, 0.05) is 21.4 Å². The van der Waals surface area contributed by atoms with Gasteiger partial charge in [-0.1, -0.05) is 23.2 Å². The molecule has 2 aromatic rings. The SMILES string of the molecule is CC(=O)C(C(=O)Nc1ccc(Cl)cc1)C(C(C)=O)C(=O)Nc1ccc(Cl)cc1. The second-order valence-electron chi connectivity index (χ2n) is 6.17. The Morgan fingerprint density at radius 2 is 0.929 bits per heavy atom. The number of carbonyl (C=O) groups is 4. The lowest BCUT2D eigenvalue weighted by Gasteiger charge is -2.22. The topological polar surface area (TPSA) is 92.3 Å². The lowest BCUT2D eigenvalue weighted by atomic mass is 9.84. The van der Waals surface area contributed by atoms with E-state index in [0.29, 0.717) is 21.4 Å². The van der Waals surface area contributed by atoms with Gasteiger partial charge in [-0.05, 0) is 62.4 Å². The summed E-state index contributed by atoms with van der Waals surface area (Å²) in [4.78, 5) is 49.6. The first kappa shape index (κ1) is 21.6. The Morgan fingerprint density at radius 3 is 1.18 bits per heavy atom. The monoisotopic (exact) mass is 420 g/mol. The average Bonchev–Trinajstić information content (AvgIpc) is 2.62. The van der Waals surface area contributed by atoms with Crippen LogP contribution < -0.4 is 10.6 Å². The van der Waals surface area contributed by atoms with Crippen molar-refractivity contribution in [2.24, 2.45) is 11.8 Å². The zero-order valence-corrected chi connectivity index (χ0v) is 16.7. The number of anilines is 2. The molecule has 0 saturated heterocycles. The van der Waals surface area contributed by atoms with Crippen LogP contribution in [0.1, 0.15) is 13.8 Å². The van der Waals surface area contributed by atoms with Crippen LogP contribution in [0.25, 0.3) is 0 Å². The zero-order valence-electron chi connectivity index (χ0n) is 15.2. The number of ketones is 2. The number of Topliss-reactive ketones (excluding diaryl/α,β-unsaturated/α-hetero) is 2. The summed E-state index contributed by atoms with van der Waals surface area (Å²) < 4.78 is 0. The van der Waals surface area contributed by atoms with Gasteiger partial charge in [-0.25, -0.2) is 0 Å². The number of nitrogens with one attached hydrogen (secondary N) is 2. The Kier molecular flexibility index (Phi) is 7.31. The van der Waals surface area contributed by atoms with Gasteiger partial charge in [-0.15, -0.1) is 0 Å². The molecule has 0 aromatic heterocycles. The van der Waals surface area contributed by atoms with Gasteiger partial charge in [0.25, 0.3) is 0 Å². The Balaban J connectivity index is 2.24. The van der Waals surface area contributed by atoms with Crippen LogP contribution in [-0.2, 0) is 19.2 Å². The molecular weight excluding hydrogens is 403 g/mol. The highest BCUT2D eigenvalue weighted by Gasteiger charge is 2.40. The summed E-state index contributed by atoms with van der Waals surface area (Å²) in [6.07, 6.45) is 0. The third-order valence-corrected chi connectivity index (χ3v) is 4.50. The van der Waals surface area contributed by atoms with Crippen molar-refractivity contribution in [3.8, 4) is 0 Å². The third-order valence-electron chi connectivity index (χ3n) is 4.00. The smallest absolute Gasteiger partial charge is 0.236 e. The predicted octanol–water partition coefficient (Wildman–Crippen LogP) is 3.98. The molecule has 0 aliphatic heterocycles.